The van der Waals surface area contributed by atoms with E-state index in [1.54, 1.807) is 42.7 Å². The van der Waals surface area contributed by atoms with Crippen molar-refractivity contribution in [1.29, 1.82) is 0 Å². The fourth-order valence-corrected chi connectivity index (χ4v) is 4.16. The summed E-state index contributed by atoms with van der Waals surface area (Å²) in [5.74, 6) is -2.48. The third-order valence-corrected chi connectivity index (χ3v) is 5.60. The van der Waals surface area contributed by atoms with Gasteiger partial charge in [-0.15, -0.1) is 0 Å². The Balaban J connectivity index is 1.78. The second-order valence-corrected chi connectivity index (χ2v) is 7.46. The summed E-state index contributed by atoms with van der Waals surface area (Å²) in [6, 6.07) is 20.7. The van der Waals surface area contributed by atoms with Gasteiger partial charge in [0, 0.05) is 23.6 Å². The molecule has 1 atom stereocenters. The van der Waals surface area contributed by atoms with Crippen LogP contribution in [0.1, 0.15) is 17.2 Å². The molecule has 0 radical (unpaired) electrons. The summed E-state index contributed by atoms with van der Waals surface area (Å²) in [5, 5.41) is 13.0. The van der Waals surface area contributed by atoms with Gasteiger partial charge in [0.2, 0.25) is 0 Å². The largest absolute Gasteiger partial charge is 0.507 e. The van der Waals surface area contributed by atoms with Gasteiger partial charge < -0.3 is 5.11 Å². The number of fused-ring (bicyclic) bond motifs is 1. The van der Waals surface area contributed by atoms with Crippen LogP contribution in [0.4, 0.5) is 10.1 Å². The van der Waals surface area contributed by atoms with Gasteiger partial charge in [-0.1, -0.05) is 48.5 Å². The van der Waals surface area contributed by atoms with Crippen molar-refractivity contribution in [1.82, 2.24) is 4.98 Å². The Labute approximate surface area is 183 Å². The summed E-state index contributed by atoms with van der Waals surface area (Å²) in [7, 11) is 0. The lowest BCUT2D eigenvalue weighted by Gasteiger charge is -2.25. The fourth-order valence-electron chi connectivity index (χ4n) is 4.16. The van der Waals surface area contributed by atoms with E-state index in [4.69, 9.17) is 0 Å². The number of ketones is 1. The molecular formula is C26H17FN2O3. The number of carbonyl (C=O) groups is 2. The number of pyridine rings is 1. The van der Waals surface area contributed by atoms with Crippen LogP contribution >= 0.6 is 0 Å². The molecule has 32 heavy (non-hydrogen) atoms. The number of aliphatic hydroxyl groups excluding tert-OH is 1. The van der Waals surface area contributed by atoms with Gasteiger partial charge in [0.25, 0.3) is 11.7 Å². The van der Waals surface area contributed by atoms with Crippen LogP contribution in [0.5, 0.6) is 0 Å². The van der Waals surface area contributed by atoms with Crippen molar-refractivity contribution in [3.8, 4) is 0 Å². The molecule has 0 spiro atoms. The normalized spacial score (nSPS) is 17.8. The quantitative estimate of drug-likeness (QED) is 0.285. The number of rotatable bonds is 3. The number of benzene rings is 3. The van der Waals surface area contributed by atoms with Crippen molar-refractivity contribution in [2.24, 2.45) is 0 Å². The van der Waals surface area contributed by atoms with Crippen LogP contribution in [0.25, 0.3) is 16.5 Å². The first kappa shape index (κ1) is 19.6. The van der Waals surface area contributed by atoms with E-state index in [0.717, 1.165) is 10.8 Å². The number of nitrogens with zero attached hydrogens (tertiary/aromatic N) is 2. The van der Waals surface area contributed by atoms with Gasteiger partial charge in [0.15, 0.2) is 0 Å². The molecule has 1 saturated heterocycles. The molecular weight excluding hydrogens is 407 g/mol. The van der Waals surface area contributed by atoms with Gasteiger partial charge in [0.1, 0.15) is 11.6 Å². The average Bonchev–Trinajstić information content (AvgIpc) is 3.09. The Morgan fingerprint density at radius 3 is 2.41 bits per heavy atom. The lowest BCUT2D eigenvalue weighted by Crippen LogP contribution is -2.29. The third kappa shape index (κ3) is 3.13. The van der Waals surface area contributed by atoms with Gasteiger partial charge in [-0.2, -0.15) is 0 Å². The van der Waals surface area contributed by atoms with Crippen molar-refractivity contribution in [2.45, 2.75) is 6.04 Å². The SMILES string of the molecule is O=C1C(=O)N(c2cccc(F)c2)C(c2ccncc2)/C1=C(/O)c1cccc2ccccc12. The van der Waals surface area contributed by atoms with Crippen molar-refractivity contribution in [3.05, 3.63) is 114 Å². The predicted octanol–water partition coefficient (Wildman–Crippen LogP) is 5.00. The lowest BCUT2D eigenvalue weighted by atomic mass is 9.93. The van der Waals surface area contributed by atoms with E-state index in [-0.39, 0.29) is 17.0 Å². The standard InChI is InChI=1S/C26H17FN2O3/c27-18-7-4-8-19(15-18)29-23(17-11-13-28-14-12-17)22(25(31)26(29)32)24(30)21-10-3-6-16-5-1-2-9-20(16)21/h1-15,23,30H/b24-22-. The summed E-state index contributed by atoms with van der Waals surface area (Å²) in [6.45, 7) is 0. The van der Waals surface area contributed by atoms with Crippen LogP contribution in [0.3, 0.4) is 0 Å². The molecule has 1 aliphatic heterocycles. The van der Waals surface area contributed by atoms with Crippen LogP contribution in [0, 0.1) is 5.82 Å². The highest BCUT2D eigenvalue weighted by Crippen LogP contribution is 2.42. The van der Waals surface area contributed by atoms with Gasteiger partial charge in [-0.05, 0) is 46.7 Å². The average molecular weight is 424 g/mol. The van der Waals surface area contributed by atoms with Crippen molar-refractivity contribution in [2.75, 3.05) is 4.90 Å². The molecule has 1 aromatic heterocycles. The van der Waals surface area contributed by atoms with Gasteiger partial charge in [0.05, 0.1) is 11.6 Å². The predicted molar refractivity (Wildman–Crippen MR) is 119 cm³/mol. The van der Waals surface area contributed by atoms with Crippen molar-refractivity contribution < 1.29 is 19.1 Å². The first-order valence-corrected chi connectivity index (χ1v) is 10.0. The van der Waals surface area contributed by atoms with Crippen LogP contribution in [-0.4, -0.2) is 21.8 Å². The zero-order chi connectivity index (χ0) is 22.2. The molecule has 0 aliphatic carbocycles. The summed E-state index contributed by atoms with van der Waals surface area (Å²) < 4.78 is 14.0. The molecule has 1 fully saturated rings. The maximum absolute atomic E-state index is 14.0. The van der Waals surface area contributed by atoms with E-state index in [9.17, 15) is 19.1 Å². The summed E-state index contributed by atoms with van der Waals surface area (Å²) in [5.41, 5.74) is 1.19. The number of halogens is 1. The minimum Gasteiger partial charge on any atom is -0.507 e. The molecule has 1 unspecified atom stereocenters. The zero-order valence-electron chi connectivity index (χ0n) is 16.8. The Morgan fingerprint density at radius 1 is 0.906 bits per heavy atom. The highest BCUT2D eigenvalue weighted by molar-refractivity contribution is 6.51. The molecule has 1 aliphatic rings. The highest BCUT2D eigenvalue weighted by Gasteiger charge is 2.47. The molecule has 0 saturated carbocycles. The summed E-state index contributed by atoms with van der Waals surface area (Å²) in [4.78, 5) is 31.5. The first-order valence-electron chi connectivity index (χ1n) is 10.0. The molecule has 1 N–H and O–H groups in total. The summed E-state index contributed by atoms with van der Waals surface area (Å²) in [6.07, 6.45) is 3.08. The number of hydrogen-bond acceptors (Lipinski definition) is 4. The maximum Gasteiger partial charge on any atom is 0.300 e. The number of hydrogen-bond donors (Lipinski definition) is 1. The minimum atomic E-state index is -0.932. The van der Waals surface area contributed by atoms with Crippen LogP contribution < -0.4 is 4.90 Å². The molecule has 2 heterocycles. The molecule has 3 aromatic carbocycles. The van der Waals surface area contributed by atoms with Crippen LogP contribution in [0.15, 0.2) is 96.8 Å². The number of carbonyl (C=O) groups excluding carboxylic acids is 2. The highest BCUT2D eigenvalue weighted by atomic mass is 19.1. The molecule has 6 heteroatoms. The lowest BCUT2D eigenvalue weighted by molar-refractivity contribution is -0.132. The van der Waals surface area contributed by atoms with Crippen molar-refractivity contribution in [3.63, 3.8) is 0 Å². The van der Waals surface area contributed by atoms with Crippen LogP contribution in [-0.2, 0) is 9.59 Å². The molecule has 5 rings (SSSR count). The first-order chi connectivity index (χ1) is 15.6. The van der Waals surface area contributed by atoms with Crippen molar-refractivity contribution >= 4 is 33.9 Å². The third-order valence-electron chi connectivity index (χ3n) is 5.60. The van der Waals surface area contributed by atoms with E-state index in [1.165, 1.54) is 23.1 Å². The molecule has 1 amide bonds. The number of aromatic nitrogens is 1. The second kappa shape index (κ2) is 7.74. The summed E-state index contributed by atoms with van der Waals surface area (Å²) >= 11 is 0. The number of amides is 1. The topological polar surface area (TPSA) is 70.5 Å². The van der Waals surface area contributed by atoms with Crippen LogP contribution in [0.2, 0.25) is 0 Å². The monoisotopic (exact) mass is 424 g/mol. The molecule has 0 bridgehead atoms. The van der Waals surface area contributed by atoms with E-state index in [0.29, 0.717) is 11.1 Å². The Hall–Kier alpha value is -4.32. The molecule has 5 nitrogen and oxygen atoms in total. The van der Waals surface area contributed by atoms with E-state index in [1.807, 2.05) is 30.3 Å². The van der Waals surface area contributed by atoms with E-state index < -0.39 is 23.5 Å². The number of anilines is 1. The maximum atomic E-state index is 14.0. The number of Topliss-reactive ketones (excluding diaryl/α,β-unsaturated/α-hetero) is 1. The Bertz CT molecular complexity index is 1390. The molecule has 156 valence electrons. The second-order valence-electron chi connectivity index (χ2n) is 7.46. The Kier molecular flexibility index (Phi) is 4.75. The van der Waals surface area contributed by atoms with E-state index >= 15 is 0 Å². The minimum absolute atomic E-state index is 0.0539. The van der Waals surface area contributed by atoms with Gasteiger partial charge in [-0.25, -0.2) is 4.39 Å². The van der Waals surface area contributed by atoms with E-state index in [2.05, 4.69) is 4.98 Å². The van der Waals surface area contributed by atoms with Gasteiger partial charge in [-0.3, -0.25) is 19.5 Å². The zero-order valence-corrected chi connectivity index (χ0v) is 16.8. The Morgan fingerprint density at radius 2 is 1.62 bits per heavy atom. The van der Waals surface area contributed by atoms with Gasteiger partial charge >= 0.3 is 0 Å². The molecule has 4 aromatic rings. The fraction of sp³-hybridized carbons (Fsp3) is 0.0385. The number of aliphatic hydroxyl groups is 1. The smallest absolute Gasteiger partial charge is 0.300 e.